The molecule has 1 aliphatic heterocycles. The summed E-state index contributed by atoms with van der Waals surface area (Å²) in [5.41, 5.74) is 5.59. The number of aromatic nitrogens is 2. The zero-order valence-corrected chi connectivity index (χ0v) is 12.6. The Labute approximate surface area is 120 Å². The van der Waals surface area contributed by atoms with Crippen LogP contribution >= 0.6 is 0 Å². The van der Waals surface area contributed by atoms with Gasteiger partial charge in [0.05, 0.1) is 12.5 Å². The smallest absolute Gasteiger partial charge is 0.229 e. The van der Waals surface area contributed by atoms with Crippen LogP contribution in [0.25, 0.3) is 0 Å². The maximum atomic E-state index is 5.59. The molecule has 1 aliphatic rings. The second kappa shape index (κ2) is 7.12. The van der Waals surface area contributed by atoms with Crippen molar-refractivity contribution in [3.05, 3.63) is 11.7 Å². The Morgan fingerprint density at radius 2 is 2.25 bits per heavy atom. The molecular weight excluding hydrogens is 258 g/mol. The Morgan fingerprint density at radius 1 is 1.45 bits per heavy atom. The van der Waals surface area contributed by atoms with E-state index in [1.807, 2.05) is 0 Å². The molecule has 1 aromatic heterocycles. The standard InChI is InChI=1S/C13H25N5O2/c1-17-4-5-18(2)10(9-17)6-12-15-13(20-16-12)7-11(8-14)19-3/h10-11H,4-9,14H2,1-3H3. The van der Waals surface area contributed by atoms with Crippen molar-refractivity contribution in [2.24, 2.45) is 5.73 Å². The Kier molecular flexibility index (Phi) is 5.47. The molecular formula is C13H25N5O2. The van der Waals surface area contributed by atoms with Gasteiger partial charge in [-0.1, -0.05) is 5.16 Å². The topological polar surface area (TPSA) is 80.7 Å². The largest absolute Gasteiger partial charge is 0.380 e. The van der Waals surface area contributed by atoms with Crippen LogP contribution < -0.4 is 5.73 Å². The molecule has 114 valence electrons. The highest BCUT2D eigenvalue weighted by molar-refractivity contribution is 4.94. The molecule has 2 heterocycles. The molecule has 0 saturated carbocycles. The summed E-state index contributed by atoms with van der Waals surface area (Å²) in [6.45, 7) is 3.66. The van der Waals surface area contributed by atoms with Crippen LogP contribution in [0.2, 0.25) is 0 Å². The van der Waals surface area contributed by atoms with Gasteiger partial charge in [-0.15, -0.1) is 0 Å². The predicted molar refractivity (Wildman–Crippen MR) is 75.5 cm³/mol. The van der Waals surface area contributed by atoms with E-state index in [2.05, 4.69) is 34.0 Å². The van der Waals surface area contributed by atoms with E-state index in [1.165, 1.54) is 0 Å². The van der Waals surface area contributed by atoms with Crippen LogP contribution in [-0.2, 0) is 17.6 Å². The fourth-order valence-electron chi connectivity index (χ4n) is 2.45. The van der Waals surface area contributed by atoms with Crippen LogP contribution in [0, 0.1) is 0 Å². The molecule has 0 amide bonds. The van der Waals surface area contributed by atoms with Crippen LogP contribution in [0.5, 0.6) is 0 Å². The minimum absolute atomic E-state index is 0.0632. The first kappa shape index (κ1) is 15.4. The molecule has 2 unspecified atom stereocenters. The van der Waals surface area contributed by atoms with Crippen molar-refractivity contribution < 1.29 is 9.26 Å². The summed E-state index contributed by atoms with van der Waals surface area (Å²) in [6.07, 6.45) is 1.32. The maximum absolute atomic E-state index is 5.59. The van der Waals surface area contributed by atoms with Gasteiger partial charge < -0.3 is 24.8 Å². The van der Waals surface area contributed by atoms with Crippen molar-refractivity contribution in [2.75, 3.05) is 47.4 Å². The van der Waals surface area contributed by atoms with E-state index in [9.17, 15) is 0 Å². The number of piperazine rings is 1. The first-order valence-corrected chi connectivity index (χ1v) is 7.05. The van der Waals surface area contributed by atoms with Gasteiger partial charge in [-0.05, 0) is 14.1 Å². The quantitative estimate of drug-likeness (QED) is 0.744. The molecule has 2 atom stereocenters. The fourth-order valence-corrected chi connectivity index (χ4v) is 2.45. The summed E-state index contributed by atoms with van der Waals surface area (Å²) < 4.78 is 10.5. The third-order valence-corrected chi connectivity index (χ3v) is 3.91. The van der Waals surface area contributed by atoms with Crippen LogP contribution in [-0.4, -0.2) is 79.5 Å². The summed E-state index contributed by atoms with van der Waals surface area (Å²) in [6, 6.07) is 0.437. The lowest BCUT2D eigenvalue weighted by molar-refractivity contribution is 0.102. The molecule has 2 N–H and O–H groups in total. The third kappa shape index (κ3) is 3.99. The van der Waals surface area contributed by atoms with Gasteiger partial charge in [0.2, 0.25) is 5.89 Å². The van der Waals surface area contributed by atoms with Gasteiger partial charge in [0.1, 0.15) is 0 Å². The first-order valence-electron chi connectivity index (χ1n) is 7.05. The van der Waals surface area contributed by atoms with Crippen molar-refractivity contribution in [3.8, 4) is 0 Å². The monoisotopic (exact) mass is 283 g/mol. The normalized spacial score (nSPS) is 23.1. The van der Waals surface area contributed by atoms with Gasteiger partial charge in [-0.2, -0.15) is 4.98 Å². The van der Waals surface area contributed by atoms with E-state index in [0.29, 0.717) is 24.9 Å². The van der Waals surface area contributed by atoms with Crippen molar-refractivity contribution in [1.29, 1.82) is 0 Å². The predicted octanol–water partition coefficient (Wildman–Crippen LogP) is -0.626. The van der Waals surface area contributed by atoms with Crippen molar-refractivity contribution in [1.82, 2.24) is 19.9 Å². The Balaban J connectivity index is 1.91. The molecule has 7 nitrogen and oxygen atoms in total. The molecule has 0 aliphatic carbocycles. The maximum Gasteiger partial charge on any atom is 0.229 e. The van der Waals surface area contributed by atoms with Crippen LogP contribution in [0.3, 0.4) is 0 Å². The molecule has 2 rings (SSSR count). The van der Waals surface area contributed by atoms with Gasteiger partial charge in [-0.25, -0.2) is 0 Å². The highest BCUT2D eigenvalue weighted by atomic mass is 16.5. The van der Waals surface area contributed by atoms with E-state index in [1.54, 1.807) is 7.11 Å². The summed E-state index contributed by atoms with van der Waals surface area (Å²) in [5.74, 6) is 1.36. The molecule has 0 radical (unpaired) electrons. The SMILES string of the molecule is COC(CN)Cc1nc(CC2CN(C)CCN2C)no1. The molecule has 0 bridgehead atoms. The van der Waals surface area contributed by atoms with Crippen molar-refractivity contribution >= 4 is 0 Å². The summed E-state index contributed by atoms with van der Waals surface area (Å²) in [4.78, 5) is 9.13. The molecule has 1 saturated heterocycles. The molecule has 20 heavy (non-hydrogen) atoms. The lowest BCUT2D eigenvalue weighted by atomic mass is 10.1. The van der Waals surface area contributed by atoms with E-state index >= 15 is 0 Å². The lowest BCUT2D eigenvalue weighted by Crippen LogP contribution is -2.50. The molecule has 1 fully saturated rings. The summed E-state index contributed by atoms with van der Waals surface area (Å²) in [7, 11) is 5.93. The summed E-state index contributed by atoms with van der Waals surface area (Å²) in [5, 5.41) is 4.06. The van der Waals surface area contributed by atoms with E-state index in [0.717, 1.165) is 31.9 Å². The Morgan fingerprint density at radius 3 is 2.95 bits per heavy atom. The van der Waals surface area contributed by atoms with E-state index in [-0.39, 0.29) is 6.10 Å². The second-order valence-corrected chi connectivity index (χ2v) is 5.50. The van der Waals surface area contributed by atoms with Crippen LogP contribution in [0.15, 0.2) is 4.52 Å². The van der Waals surface area contributed by atoms with E-state index < -0.39 is 0 Å². The molecule has 1 aromatic rings. The van der Waals surface area contributed by atoms with Gasteiger partial charge in [0, 0.05) is 45.8 Å². The van der Waals surface area contributed by atoms with Gasteiger partial charge in [0.25, 0.3) is 0 Å². The van der Waals surface area contributed by atoms with Crippen LogP contribution in [0.4, 0.5) is 0 Å². The Hall–Kier alpha value is -1.02. The summed E-state index contributed by atoms with van der Waals surface area (Å²) >= 11 is 0. The number of nitrogens with zero attached hydrogens (tertiary/aromatic N) is 4. The van der Waals surface area contributed by atoms with Crippen LogP contribution in [0.1, 0.15) is 11.7 Å². The number of ether oxygens (including phenoxy) is 1. The number of nitrogens with two attached hydrogens (primary N) is 1. The van der Waals surface area contributed by atoms with Gasteiger partial charge in [-0.3, -0.25) is 0 Å². The van der Waals surface area contributed by atoms with Gasteiger partial charge >= 0.3 is 0 Å². The number of likely N-dealkylation sites (N-methyl/N-ethyl adjacent to an activating group) is 2. The second-order valence-electron chi connectivity index (χ2n) is 5.50. The number of hydrogen-bond acceptors (Lipinski definition) is 7. The van der Waals surface area contributed by atoms with Crippen molar-refractivity contribution in [2.45, 2.75) is 25.0 Å². The van der Waals surface area contributed by atoms with E-state index in [4.69, 9.17) is 15.0 Å². The van der Waals surface area contributed by atoms with Gasteiger partial charge in [0.15, 0.2) is 5.82 Å². The number of methoxy groups -OCH3 is 1. The zero-order valence-electron chi connectivity index (χ0n) is 12.6. The average molecular weight is 283 g/mol. The Bertz CT molecular complexity index is 407. The third-order valence-electron chi connectivity index (χ3n) is 3.91. The minimum Gasteiger partial charge on any atom is -0.380 e. The molecule has 0 spiro atoms. The molecule has 0 aromatic carbocycles. The first-order chi connectivity index (χ1) is 9.62. The minimum atomic E-state index is -0.0632. The highest BCUT2D eigenvalue weighted by Gasteiger charge is 2.24. The molecule has 7 heteroatoms. The lowest BCUT2D eigenvalue weighted by Gasteiger charge is -2.37. The number of hydrogen-bond donors (Lipinski definition) is 1. The average Bonchev–Trinajstić information content (AvgIpc) is 2.87. The fraction of sp³-hybridized carbons (Fsp3) is 0.846. The van der Waals surface area contributed by atoms with Crippen molar-refractivity contribution in [3.63, 3.8) is 0 Å². The zero-order chi connectivity index (χ0) is 14.5. The number of rotatable bonds is 6. The highest BCUT2D eigenvalue weighted by Crippen LogP contribution is 2.11.